The molecule has 1 aliphatic rings. The van der Waals surface area contributed by atoms with Crippen molar-refractivity contribution < 1.29 is 19.4 Å². The van der Waals surface area contributed by atoms with Gasteiger partial charge in [-0.15, -0.1) is 0 Å². The highest BCUT2D eigenvalue weighted by Gasteiger charge is 2.30. The Hall–Kier alpha value is -2.61. The highest BCUT2D eigenvalue weighted by molar-refractivity contribution is 5.95. The van der Waals surface area contributed by atoms with Crippen LogP contribution in [0.15, 0.2) is 24.3 Å². The van der Waals surface area contributed by atoms with Gasteiger partial charge in [0, 0.05) is 18.5 Å². The number of carboxylic acid groups (broad SMARTS) is 1. The number of nitrogens with two attached hydrogens (primary N) is 1. The molecule has 8 heteroatoms. The Balaban J connectivity index is 1.88. The zero-order chi connectivity index (χ0) is 16.1. The largest absolute Gasteiger partial charge is 0.489 e. The van der Waals surface area contributed by atoms with Crippen molar-refractivity contribution in [3.63, 3.8) is 0 Å². The molecule has 1 aromatic carbocycles. The van der Waals surface area contributed by atoms with Crippen LogP contribution < -0.4 is 21.1 Å². The summed E-state index contributed by atoms with van der Waals surface area (Å²) in [6, 6.07) is 6.40. The van der Waals surface area contributed by atoms with Crippen LogP contribution in [0.5, 0.6) is 5.75 Å². The first-order chi connectivity index (χ1) is 10.5. The van der Waals surface area contributed by atoms with Crippen molar-refractivity contribution in [2.24, 2.45) is 5.73 Å². The van der Waals surface area contributed by atoms with E-state index in [1.165, 1.54) is 0 Å². The predicted molar refractivity (Wildman–Crippen MR) is 78.9 cm³/mol. The summed E-state index contributed by atoms with van der Waals surface area (Å²) in [5.41, 5.74) is 5.99. The highest BCUT2D eigenvalue weighted by Crippen LogP contribution is 2.18. The van der Waals surface area contributed by atoms with Crippen LogP contribution in [0, 0.1) is 5.41 Å². The Labute approximate surface area is 127 Å². The van der Waals surface area contributed by atoms with Crippen molar-refractivity contribution in [1.82, 2.24) is 10.6 Å². The first kappa shape index (κ1) is 15.8. The molecule has 8 nitrogen and oxygen atoms in total. The number of hydrogen-bond acceptors (Lipinski definition) is 5. The topological polar surface area (TPSA) is 138 Å². The van der Waals surface area contributed by atoms with Crippen LogP contribution in [0.1, 0.15) is 12.0 Å². The van der Waals surface area contributed by atoms with Gasteiger partial charge in [0.25, 0.3) is 0 Å². The van der Waals surface area contributed by atoms with Gasteiger partial charge in [-0.3, -0.25) is 15.0 Å². The van der Waals surface area contributed by atoms with Crippen LogP contribution in [-0.2, 0) is 9.59 Å². The Morgan fingerprint density at radius 3 is 2.95 bits per heavy atom. The fourth-order valence-corrected chi connectivity index (χ4v) is 2.21. The fourth-order valence-electron chi connectivity index (χ4n) is 2.21. The monoisotopic (exact) mass is 306 g/mol. The minimum Gasteiger partial charge on any atom is -0.489 e. The normalized spacial score (nSPS) is 20.4. The molecular weight excluding hydrogens is 288 g/mol. The van der Waals surface area contributed by atoms with Crippen molar-refractivity contribution in [1.29, 1.82) is 5.41 Å². The number of hydrogen-bond donors (Lipinski definition) is 5. The molecule has 1 aromatic rings. The highest BCUT2D eigenvalue weighted by atomic mass is 16.5. The molecule has 2 atom stereocenters. The second-order valence-electron chi connectivity index (χ2n) is 4.99. The maximum Gasteiger partial charge on any atom is 0.322 e. The van der Waals surface area contributed by atoms with Gasteiger partial charge < -0.3 is 26.2 Å². The Morgan fingerprint density at radius 2 is 2.27 bits per heavy atom. The number of nitrogen functional groups attached to an aromatic ring is 1. The van der Waals surface area contributed by atoms with Crippen molar-refractivity contribution in [3.8, 4) is 5.75 Å². The van der Waals surface area contributed by atoms with E-state index in [4.69, 9.17) is 21.0 Å². The van der Waals surface area contributed by atoms with Gasteiger partial charge in [0.15, 0.2) is 0 Å². The smallest absolute Gasteiger partial charge is 0.322 e. The van der Waals surface area contributed by atoms with Crippen LogP contribution in [0.3, 0.4) is 0 Å². The van der Waals surface area contributed by atoms with Crippen molar-refractivity contribution in [2.45, 2.75) is 18.6 Å². The van der Waals surface area contributed by atoms with E-state index >= 15 is 0 Å². The summed E-state index contributed by atoms with van der Waals surface area (Å²) in [7, 11) is 0. The van der Waals surface area contributed by atoms with Crippen LogP contribution in [0.25, 0.3) is 0 Å². The third-order valence-electron chi connectivity index (χ3n) is 3.27. The lowest BCUT2D eigenvalue weighted by molar-refractivity contribution is -0.138. The number of amidine groups is 1. The van der Waals surface area contributed by atoms with Gasteiger partial charge in [0.05, 0.1) is 6.04 Å². The third-order valence-corrected chi connectivity index (χ3v) is 3.27. The lowest BCUT2D eigenvalue weighted by Gasteiger charge is -2.13. The van der Waals surface area contributed by atoms with E-state index in [0.29, 0.717) is 24.3 Å². The van der Waals surface area contributed by atoms with Gasteiger partial charge in [-0.05, 0) is 12.1 Å². The zero-order valence-corrected chi connectivity index (χ0v) is 11.8. The van der Waals surface area contributed by atoms with Crippen LogP contribution in [-0.4, -0.2) is 48.1 Å². The summed E-state index contributed by atoms with van der Waals surface area (Å²) in [4.78, 5) is 22.2. The van der Waals surface area contributed by atoms with Crippen LogP contribution in [0.4, 0.5) is 0 Å². The average molecular weight is 306 g/mol. The molecule has 1 aliphatic heterocycles. The number of carbonyl (C=O) groups excluding carboxylic acids is 1. The number of nitrogens with one attached hydrogen (secondary N) is 3. The number of ether oxygens (including phenoxy) is 1. The minimum atomic E-state index is -1.08. The van der Waals surface area contributed by atoms with Gasteiger partial charge in [0.1, 0.15) is 24.2 Å². The summed E-state index contributed by atoms with van der Waals surface area (Å²) >= 11 is 0. The van der Waals surface area contributed by atoms with Crippen LogP contribution in [0.2, 0.25) is 0 Å². The Bertz CT molecular complexity index is 590. The number of carboxylic acids is 1. The molecule has 0 aliphatic carbocycles. The van der Waals surface area contributed by atoms with Gasteiger partial charge in [-0.25, -0.2) is 0 Å². The first-order valence-electron chi connectivity index (χ1n) is 6.79. The summed E-state index contributed by atoms with van der Waals surface area (Å²) < 4.78 is 5.76. The molecule has 1 amide bonds. The molecule has 0 saturated carbocycles. The molecule has 0 unspecified atom stereocenters. The van der Waals surface area contributed by atoms with Gasteiger partial charge in [-0.2, -0.15) is 0 Å². The van der Waals surface area contributed by atoms with E-state index in [9.17, 15) is 9.59 Å². The van der Waals surface area contributed by atoms with E-state index in [2.05, 4.69) is 10.6 Å². The molecule has 118 valence electrons. The van der Waals surface area contributed by atoms with E-state index in [1.807, 2.05) is 0 Å². The maximum absolute atomic E-state index is 11.8. The number of rotatable bonds is 6. The maximum atomic E-state index is 11.8. The summed E-state index contributed by atoms with van der Waals surface area (Å²) in [6.45, 7) is 0.0820. The molecule has 2 rings (SSSR count). The number of amides is 1. The summed E-state index contributed by atoms with van der Waals surface area (Å²) in [6.07, 6.45) is 0.234. The molecule has 0 radical (unpaired) electrons. The predicted octanol–water partition coefficient (Wildman–Crippen LogP) is -0.719. The number of benzene rings is 1. The second kappa shape index (κ2) is 6.90. The molecule has 1 saturated heterocycles. The number of aliphatic carboxylic acids is 1. The first-order valence-corrected chi connectivity index (χ1v) is 6.79. The quantitative estimate of drug-likeness (QED) is 0.347. The molecular formula is C14H18N4O4. The van der Waals surface area contributed by atoms with E-state index in [-0.39, 0.29) is 17.8 Å². The van der Waals surface area contributed by atoms with Crippen molar-refractivity contribution in [3.05, 3.63) is 29.8 Å². The molecule has 22 heavy (non-hydrogen) atoms. The minimum absolute atomic E-state index is 0.0408. The SMILES string of the molecule is N=C(N)c1cccc(O[C@H]2CN[C@H](C(=O)NCC(=O)O)C2)c1. The third kappa shape index (κ3) is 4.19. The molecule has 0 aromatic heterocycles. The molecule has 6 N–H and O–H groups in total. The second-order valence-corrected chi connectivity index (χ2v) is 4.99. The van der Waals surface area contributed by atoms with E-state index < -0.39 is 18.6 Å². The Kier molecular flexibility index (Phi) is 4.95. The molecule has 0 bridgehead atoms. The van der Waals surface area contributed by atoms with E-state index in [1.54, 1.807) is 24.3 Å². The van der Waals surface area contributed by atoms with Crippen LogP contribution >= 0.6 is 0 Å². The lowest BCUT2D eigenvalue weighted by atomic mass is 10.1. The molecule has 1 fully saturated rings. The standard InChI is InChI=1S/C14H18N4O4/c15-13(16)8-2-1-3-9(4-8)22-10-5-11(17-6-10)14(21)18-7-12(19)20/h1-4,10-11,17H,5-7H2,(H3,15,16)(H,18,21)(H,19,20)/t10-,11+/m1/s1. The lowest BCUT2D eigenvalue weighted by Crippen LogP contribution is -2.42. The summed E-state index contributed by atoms with van der Waals surface area (Å²) in [5, 5.41) is 21.3. The van der Waals surface area contributed by atoms with Crippen molar-refractivity contribution >= 4 is 17.7 Å². The van der Waals surface area contributed by atoms with Crippen molar-refractivity contribution in [2.75, 3.05) is 13.1 Å². The zero-order valence-electron chi connectivity index (χ0n) is 11.8. The van der Waals surface area contributed by atoms with Gasteiger partial charge >= 0.3 is 5.97 Å². The van der Waals surface area contributed by atoms with Gasteiger partial charge in [-0.1, -0.05) is 12.1 Å². The molecule has 1 heterocycles. The average Bonchev–Trinajstić information content (AvgIpc) is 2.93. The van der Waals surface area contributed by atoms with Gasteiger partial charge in [0.2, 0.25) is 5.91 Å². The summed E-state index contributed by atoms with van der Waals surface area (Å²) in [5.74, 6) is -0.904. The van der Waals surface area contributed by atoms with E-state index in [0.717, 1.165) is 0 Å². The Morgan fingerprint density at radius 1 is 1.50 bits per heavy atom. The fraction of sp³-hybridized carbons (Fsp3) is 0.357. The molecule has 0 spiro atoms. The number of carbonyl (C=O) groups is 2.